The zero-order valence-electron chi connectivity index (χ0n) is 8.20. The highest BCUT2D eigenvalue weighted by Crippen LogP contribution is 2.29. The average molecular weight is 224 g/mol. The first-order valence-electron chi connectivity index (χ1n) is 4.54. The Balaban J connectivity index is 2.43. The van der Waals surface area contributed by atoms with Gasteiger partial charge in [0.25, 0.3) is 0 Å². The van der Waals surface area contributed by atoms with Gasteiger partial charge in [0.15, 0.2) is 5.13 Å². The van der Waals surface area contributed by atoms with E-state index in [2.05, 4.69) is 35.4 Å². The van der Waals surface area contributed by atoms with E-state index in [9.17, 15) is 0 Å². The van der Waals surface area contributed by atoms with Gasteiger partial charge in [-0.3, -0.25) is 0 Å². The van der Waals surface area contributed by atoms with Gasteiger partial charge in [-0.15, -0.1) is 11.8 Å². The van der Waals surface area contributed by atoms with E-state index in [-0.39, 0.29) is 0 Å². The molecule has 4 heteroatoms. The summed E-state index contributed by atoms with van der Waals surface area (Å²) in [6.45, 7) is 2.17. The maximum Gasteiger partial charge on any atom is 0.183 e. The Morgan fingerprint density at radius 2 is 2.36 bits per heavy atom. The van der Waals surface area contributed by atoms with Crippen LogP contribution in [0.25, 0.3) is 10.2 Å². The molecule has 0 saturated heterocycles. The number of hydrogen-bond acceptors (Lipinski definition) is 4. The first-order chi connectivity index (χ1) is 6.83. The molecule has 0 radical (unpaired) electrons. The molecule has 0 aliphatic heterocycles. The average Bonchev–Trinajstić information content (AvgIpc) is 2.60. The monoisotopic (exact) mass is 224 g/mol. The standard InChI is InChI=1S/C10H12N2S2/c1-3-13-7-4-5-8-9(6-7)14-10(11-2)12-8/h4-6H,3H2,1-2H3,(H,11,12). The summed E-state index contributed by atoms with van der Waals surface area (Å²) in [6.07, 6.45) is 0. The van der Waals surface area contributed by atoms with Crippen molar-refractivity contribution in [1.82, 2.24) is 4.98 Å². The quantitative estimate of drug-likeness (QED) is 0.808. The van der Waals surface area contributed by atoms with E-state index < -0.39 is 0 Å². The molecule has 0 bridgehead atoms. The maximum absolute atomic E-state index is 4.43. The van der Waals surface area contributed by atoms with E-state index in [1.54, 1.807) is 11.3 Å². The number of thiazole rings is 1. The molecule has 0 aliphatic carbocycles. The Morgan fingerprint density at radius 3 is 3.07 bits per heavy atom. The third kappa shape index (κ3) is 1.86. The van der Waals surface area contributed by atoms with Crippen molar-refractivity contribution in [1.29, 1.82) is 0 Å². The number of thioether (sulfide) groups is 1. The number of anilines is 1. The molecule has 1 aromatic carbocycles. The predicted octanol–water partition coefficient (Wildman–Crippen LogP) is 3.45. The fourth-order valence-corrected chi connectivity index (χ4v) is 2.90. The van der Waals surface area contributed by atoms with Crippen molar-refractivity contribution in [3.63, 3.8) is 0 Å². The van der Waals surface area contributed by atoms with Crippen LogP contribution in [0.5, 0.6) is 0 Å². The summed E-state index contributed by atoms with van der Waals surface area (Å²) in [7, 11) is 1.90. The van der Waals surface area contributed by atoms with E-state index >= 15 is 0 Å². The van der Waals surface area contributed by atoms with Gasteiger partial charge in [0.05, 0.1) is 10.2 Å². The lowest BCUT2D eigenvalue weighted by Crippen LogP contribution is -1.83. The normalized spacial score (nSPS) is 10.7. The van der Waals surface area contributed by atoms with Gasteiger partial charge in [-0.2, -0.15) is 0 Å². The minimum absolute atomic E-state index is 0.985. The molecule has 2 aromatic rings. The van der Waals surface area contributed by atoms with E-state index in [4.69, 9.17) is 0 Å². The number of aromatic nitrogens is 1. The number of benzene rings is 1. The van der Waals surface area contributed by atoms with Crippen LogP contribution in [0, 0.1) is 0 Å². The molecule has 1 heterocycles. The van der Waals surface area contributed by atoms with Crippen molar-refractivity contribution in [2.45, 2.75) is 11.8 Å². The summed E-state index contributed by atoms with van der Waals surface area (Å²) in [4.78, 5) is 5.76. The zero-order chi connectivity index (χ0) is 9.97. The summed E-state index contributed by atoms with van der Waals surface area (Å²) in [5.74, 6) is 1.11. The largest absolute Gasteiger partial charge is 0.365 e. The Kier molecular flexibility index (Phi) is 2.93. The first kappa shape index (κ1) is 9.80. The molecule has 0 aliphatic rings. The van der Waals surface area contributed by atoms with E-state index in [1.807, 2.05) is 18.8 Å². The van der Waals surface area contributed by atoms with Crippen molar-refractivity contribution < 1.29 is 0 Å². The Labute approximate surface area is 91.7 Å². The van der Waals surface area contributed by atoms with Crippen LogP contribution < -0.4 is 5.32 Å². The summed E-state index contributed by atoms with van der Waals surface area (Å²) in [5.41, 5.74) is 1.08. The van der Waals surface area contributed by atoms with E-state index in [0.29, 0.717) is 0 Å². The Bertz CT molecular complexity index is 437. The second kappa shape index (κ2) is 4.19. The molecule has 0 saturated carbocycles. The molecule has 0 fully saturated rings. The van der Waals surface area contributed by atoms with Crippen LogP contribution >= 0.6 is 23.1 Å². The smallest absolute Gasteiger partial charge is 0.183 e. The second-order valence-corrected chi connectivity index (χ2v) is 5.20. The van der Waals surface area contributed by atoms with Crippen LogP contribution in [0.2, 0.25) is 0 Å². The number of nitrogens with one attached hydrogen (secondary N) is 1. The number of fused-ring (bicyclic) bond motifs is 1. The van der Waals surface area contributed by atoms with Crippen molar-refractivity contribution in [2.24, 2.45) is 0 Å². The molecule has 1 aromatic heterocycles. The zero-order valence-corrected chi connectivity index (χ0v) is 9.84. The van der Waals surface area contributed by atoms with Crippen LogP contribution in [0.4, 0.5) is 5.13 Å². The van der Waals surface area contributed by atoms with Gasteiger partial charge in [0.1, 0.15) is 0 Å². The maximum atomic E-state index is 4.43. The van der Waals surface area contributed by atoms with Gasteiger partial charge in [-0.1, -0.05) is 18.3 Å². The van der Waals surface area contributed by atoms with Crippen LogP contribution in [0.15, 0.2) is 23.1 Å². The van der Waals surface area contributed by atoms with Crippen LogP contribution in [-0.4, -0.2) is 17.8 Å². The van der Waals surface area contributed by atoms with Crippen LogP contribution in [-0.2, 0) is 0 Å². The molecule has 74 valence electrons. The lowest BCUT2D eigenvalue weighted by atomic mass is 10.3. The highest BCUT2D eigenvalue weighted by Gasteiger charge is 2.02. The lowest BCUT2D eigenvalue weighted by Gasteiger charge is -1.96. The van der Waals surface area contributed by atoms with E-state index in [0.717, 1.165) is 16.4 Å². The van der Waals surface area contributed by atoms with Crippen LogP contribution in [0.1, 0.15) is 6.92 Å². The van der Waals surface area contributed by atoms with Gasteiger partial charge >= 0.3 is 0 Å². The molecular formula is C10H12N2S2. The molecular weight excluding hydrogens is 212 g/mol. The highest BCUT2D eigenvalue weighted by molar-refractivity contribution is 7.99. The molecule has 14 heavy (non-hydrogen) atoms. The number of hydrogen-bond donors (Lipinski definition) is 1. The Hall–Kier alpha value is -0.740. The Morgan fingerprint density at radius 1 is 1.50 bits per heavy atom. The molecule has 0 unspecified atom stereocenters. The summed E-state index contributed by atoms with van der Waals surface area (Å²) < 4.78 is 1.26. The van der Waals surface area contributed by atoms with Crippen molar-refractivity contribution in [3.05, 3.63) is 18.2 Å². The topological polar surface area (TPSA) is 24.9 Å². The number of rotatable bonds is 3. The van der Waals surface area contributed by atoms with Gasteiger partial charge < -0.3 is 5.32 Å². The van der Waals surface area contributed by atoms with E-state index in [1.165, 1.54) is 9.60 Å². The predicted molar refractivity (Wildman–Crippen MR) is 65.6 cm³/mol. The molecule has 0 spiro atoms. The minimum Gasteiger partial charge on any atom is -0.365 e. The van der Waals surface area contributed by atoms with Gasteiger partial charge in [-0.25, -0.2) is 4.98 Å². The van der Waals surface area contributed by atoms with Crippen molar-refractivity contribution >= 4 is 38.4 Å². The second-order valence-electron chi connectivity index (χ2n) is 2.83. The SMILES string of the molecule is CCSc1ccc2nc(NC)sc2c1. The van der Waals surface area contributed by atoms with Gasteiger partial charge in [0.2, 0.25) is 0 Å². The van der Waals surface area contributed by atoms with Gasteiger partial charge in [0, 0.05) is 11.9 Å². The van der Waals surface area contributed by atoms with Gasteiger partial charge in [-0.05, 0) is 24.0 Å². The molecule has 2 rings (SSSR count). The summed E-state index contributed by atoms with van der Waals surface area (Å²) in [5, 5.41) is 4.05. The fraction of sp³-hybridized carbons (Fsp3) is 0.300. The number of nitrogens with zero attached hydrogens (tertiary/aromatic N) is 1. The van der Waals surface area contributed by atoms with Crippen LogP contribution in [0.3, 0.4) is 0 Å². The third-order valence-corrected chi connectivity index (χ3v) is 3.80. The lowest BCUT2D eigenvalue weighted by molar-refractivity contribution is 1.40. The first-order valence-corrected chi connectivity index (χ1v) is 6.35. The summed E-state index contributed by atoms with van der Waals surface area (Å²) >= 11 is 3.57. The molecule has 0 amide bonds. The molecule has 0 atom stereocenters. The summed E-state index contributed by atoms with van der Waals surface area (Å²) in [6, 6.07) is 6.43. The third-order valence-electron chi connectivity index (χ3n) is 1.88. The highest BCUT2D eigenvalue weighted by atomic mass is 32.2. The molecule has 2 nitrogen and oxygen atoms in total. The van der Waals surface area contributed by atoms with Crippen molar-refractivity contribution in [2.75, 3.05) is 18.1 Å². The fourth-order valence-electron chi connectivity index (χ4n) is 1.27. The minimum atomic E-state index is 0.985. The molecule has 1 N–H and O–H groups in total. The van der Waals surface area contributed by atoms with Crippen molar-refractivity contribution in [3.8, 4) is 0 Å².